The summed E-state index contributed by atoms with van der Waals surface area (Å²) in [5, 5.41) is 12.0. The third kappa shape index (κ3) is 3.17. The van der Waals surface area contributed by atoms with E-state index in [4.69, 9.17) is 8.94 Å². The van der Waals surface area contributed by atoms with Crippen LogP contribution in [0, 0.1) is 0 Å². The van der Waals surface area contributed by atoms with E-state index in [1.807, 2.05) is 24.1 Å². The molecule has 1 aliphatic heterocycles. The molecule has 4 heterocycles. The van der Waals surface area contributed by atoms with Gasteiger partial charge in [0.2, 0.25) is 5.76 Å². The van der Waals surface area contributed by atoms with Gasteiger partial charge in [-0.15, -0.1) is 5.10 Å². The number of aromatic nitrogens is 3. The second kappa shape index (κ2) is 6.99. The van der Waals surface area contributed by atoms with Crippen LogP contribution in [-0.4, -0.2) is 52.3 Å². The normalized spacial score (nSPS) is 15.2. The molecule has 3 aromatic heterocycles. The van der Waals surface area contributed by atoms with E-state index in [1.54, 1.807) is 30.7 Å². The van der Waals surface area contributed by atoms with Crippen LogP contribution in [0.4, 0.5) is 5.82 Å². The van der Waals surface area contributed by atoms with Gasteiger partial charge in [0.25, 0.3) is 5.91 Å². The Bertz CT molecular complexity index is 854. The zero-order valence-corrected chi connectivity index (χ0v) is 14.4. The van der Waals surface area contributed by atoms with Gasteiger partial charge in [0.05, 0.1) is 6.26 Å². The highest BCUT2D eigenvalue weighted by Crippen LogP contribution is 2.23. The molecule has 134 valence electrons. The Kier molecular flexibility index (Phi) is 4.39. The molecule has 0 aromatic carbocycles. The summed E-state index contributed by atoms with van der Waals surface area (Å²) in [6, 6.07) is 9.29. The number of rotatable bonds is 4. The van der Waals surface area contributed by atoms with Gasteiger partial charge in [-0.3, -0.25) is 4.79 Å². The monoisotopic (exact) mass is 353 g/mol. The van der Waals surface area contributed by atoms with Crippen molar-refractivity contribution < 1.29 is 13.7 Å². The average Bonchev–Trinajstić information content (AvgIpc) is 3.39. The third-order valence-corrected chi connectivity index (χ3v) is 4.71. The topological polar surface area (TPSA) is 88.5 Å². The maximum atomic E-state index is 12.7. The van der Waals surface area contributed by atoms with Crippen molar-refractivity contribution in [2.45, 2.75) is 18.9 Å². The molecule has 26 heavy (non-hydrogen) atoms. The van der Waals surface area contributed by atoms with Gasteiger partial charge in [-0.05, 0) is 37.1 Å². The first-order chi connectivity index (χ1) is 12.7. The number of piperidine rings is 1. The van der Waals surface area contributed by atoms with E-state index < -0.39 is 0 Å². The van der Waals surface area contributed by atoms with Gasteiger partial charge in [-0.25, -0.2) is 0 Å². The van der Waals surface area contributed by atoms with Crippen molar-refractivity contribution in [3.05, 3.63) is 48.5 Å². The molecule has 1 fully saturated rings. The Morgan fingerprint density at radius 3 is 2.77 bits per heavy atom. The Balaban J connectivity index is 1.38. The summed E-state index contributed by atoms with van der Waals surface area (Å²) in [5.41, 5.74) is 0.303. The molecule has 3 aromatic rings. The van der Waals surface area contributed by atoms with E-state index >= 15 is 0 Å². The number of carbonyl (C=O) groups excluding carboxylic acids is 1. The first kappa shape index (κ1) is 16.3. The summed E-state index contributed by atoms with van der Waals surface area (Å²) in [6.45, 7) is 1.33. The number of nitrogens with zero attached hydrogens (tertiary/aromatic N) is 5. The number of likely N-dealkylation sites (tertiary alicyclic amines) is 1. The van der Waals surface area contributed by atoms with E-state index in [-0.39, 0.29) is 5.91 Å². The summed E-state index contributed by atoms with van der Waals surface area (Å²) in [7, 11) is 2.01. The van der Waals surface area contributed by atoms with E-state index in [9.17, 15) is 4.79 Å². The first-order valence-corrected chi connectivity index (χ1v) is 8.53. The maximum Gasteiger partial charge on any atom is 0.276 e. The van der Waals surface area contributed by atoms with Crippen molar-refractivity contribution in [3.8, 4) is 11.5 Å². The van der Waals surface area contributed by atoms with E-state index in [2.05, 4.69) is 20.3 Å². The van der Waals surface area contributed by atoms with E-state index in [0.29, 0.717) is 36.3 Å². The third-order valence-electron chi connectivity index (χ3n) is 4.71. The van der Waals surface area contributed by atoms with Crippen LogP contribution in [0.3, 0.4) is 0 Å². The van der Waals surface area contributed by atoms with Gasteiger partial charge in [0, 0.05) is 38.4 Å². The quantitative estimate of drug-likeness (QED) is 0.712. The predicted octanol–water partition coefficient (Wildman–Crippen LogP) is 2.47. The number of carbonyl (C=O) groups is 1. The summed E-state index contributed by atoms with van der Waals surface area (Å²) < 4.78 is 10.5. The van der Waals surface area contributed by atoms with E-state index in [1.165, 1.54) is 0 Å². The summed E-state index contributed by atoms with van der Waals surface area (Å²) in [5.74, 6) is 1.74. The molecule has 0 aliphatic carbocycles. The van der Waals surface area contributed by atoms with Crippen LogP contribution < -0.4 is 4.90 Å². The van der Waals surface area contributed by atoms with Gasteiger partial charge in [0.15, 0.2) is 17.3 Å². The molecule has 0 atom stereocenters. The minimum absolute atomic E-state index is 0.118. The second-order valence-electron chi connectivity index (χ2n) is 6.27. The van der Waals surface area contributed by atoms with Crippen LogP contribution in [0.2, 0.25) is 0 Å². The number of hydrogen-bond acceptors (Lipinski definition) is 7. The number of hydrogen-bond donors (Lipinski definition) is 0. The molecule has 0 radical (unpaired) electrons. The average molecular weight is 353 g/mol. The molecule has 1 aliphatic rings. The Hall–Kier alpha value is -3.16. The summed E-state index contributed by atoms with van der Waals surface area (Å²) >= 11 is 0. The summed E-state index contributed by atoms with van der Waals surface area (Å²) in [4.78, 5) is 16.6. The van der Waals surface area contributed by atoms with Gasteiger partial charge in [0.1, 0.15) is 0 Å². The number of furan rings is 1. The minimum atomic E-state index is -0.118. The minimum Gasteiger partial charge on any atom is -0.461 e. The van der Waals surface area contributed by atoms with Gasteiger partial charge >= 0.3 is 0 Å². The lowest BCUT2D eigenvalue weighted by Crippen LogP contribution is -2.46. The molecular weight excluding hydrogens is 334 g/mol. The van der Waals surface area contributed by atoms with Gasteiger partial charge < -0.3 is 18.7 Å². The van der Waals surface area contributed by atoms with Crippen LogP contribution in [0.15, 0.2) is 51.7 Å². The fourth-order valence-electron chi connectivity index (χ4n) is 3.20. The molecule has 0 spiro atoms. The van der Waals surface area contributed by atoms with Crippen molar-refractivity contribution in [2.75, 3.05) is 25.0 Å². The largest absolute Gasteiger partial charge is 0.461 e. The predicted molar refractivity (Wildman–Crippen MR) is 93.6 cm³/mol. The molecule has 8 heteroatoms. The maximum absolute atomic E-state index is 12.7. The smallest absolute Gasteiger partial charge is 0.276 e. The SMILES string of the molecule is CN(c1cccnn1)C1CCN(C(=O)c2cc(-c3ccco3)on2)CC1. The first-order valence-electron chi connectivity index (χ1n) is 8.53. The van der Waals surface area contributed by atoms with E-state index in [0.717, 1.165) is 18.7 Å². The van der Waals surface area contributed by atoms with Crippen molar-refractivity contribution in [1.82, 2.24) is 20.3 Å². The molecule has 1 saturated heterocycles. The Morgan fingerprint density at radius 2 is 2.08 bits per heavy atom. The zero-order chi connectivity index (χ0) is 17.9. The fraction of sp³-hybridized carbons (Fsp3) is 0.333. The van der Waals surface area contributed by atoms with Crippen molar-refractivity contribution in [2.24, 2.45) is 0 Å². The molecular formula is C18H19N5O3. The lowest BCUT2D eigenvalue weighted by atomic mass is 10.0. The molecule has 4 rings (SSSR count). The summed E-state index contributed by atoms with van der Waals surface area (Å²) in [6.07, 6.45) is 4.94. The highest BCUT2D eigenvalue weighted by molar-refractivity contribution is 5.93. The Labute approximate surface area is 150 Å². The van der Waals surface area contributed by atoms with Crippen molar-refractivity contribution in [3.63, 3.8) is 0 Å². The lowest BCUT2D eigenvalue weighted by Gasteiger charge is -2.36. The van der Waals surface area contributed by atoms with Crippen LogP contribution >= 0.6 is 0 Å². The molecule has 8 nitrogen and oxygen atoms in total. The van der Waals surface area contributed by atoms with Crippen molar-refractivity contribution in [1.29, 1.82) is 0 Å². The number of amides is 1. The zero-order valence-electron chi connectivity index (χ0n) is 14.4. The molecule has 0 bridgehead atoms. The van der Waals surface area contributed by atoms with Gasteiger partial charge in [-0.2, -0.15) is 5.10 Å². The van der Waals surface area contributed by atoms with Crippen molar-refractivity contribution >= 4 is 11.7 Å². The van der Waals surface area contributed by atoms with Crippen LogP contribution in [0.1, 0.15) is 23.3 Å². The molecule has 0 unspecified atom stereocenters. The second-order valence-corrected chi connectivity index (χ2v) is 6.27. The highest BCUT2D eigenvalue weighted by atomic mass is 16.5. The van der Waals surface area contributed by atoms with Gasteiger partial charge in [-0.1, -0.05) is 5.16 Å². The van der Waals surface area contributed by atoms with Crippen LogP contribution in [-0.2, 0) is 0 Å². The Morgan fingerprint density at radius 1 is 1.23 bits per heavy atom. The number of anilines is 1. The van der Waals surface area contributed by atoms with Crippen LogP contribution in [0.5, 0.6) is 0 Å². The lowest BCUT2D eigenvalue weighted by molar-refractivity contribution is 0.0702. The molecule has 0 N–H and O–H groups in total. The fourth-order valence-corrected chi connectivity index (χ4v) is 3.20. The molecule has 1 amide bonds. The van der Waals surface area contributed by atoms with Crippen LogP contribution in [0.25, 0.3) is 11.5 Å². The highest BCUT2D eigenvalue weighted by Gasteiger charge is 2.28. The standard InChI is InChI=1S/C18H19N5O3/c1-22(17-5-2-8-19-20-17)13-6-9-23(10-7-13)18(24)14-12-16(26-21-14)15-4-3-11-25-15/h2-5,8,11-13H,6-7,9-10H2,1H3. The molecule has 0 saturated carbocycles.